The van der Waals surface area contributed by atoms with Gasteiger partial charge in [0.1, 0.15) is 10.8 Å². The molecule has 3 rings (SSSR count). The number of benzene rings is 2. The molecule has 2 amide bonds. The van der Waals surface area contributed by atoms with Crippen molar-refractivity contribution in [2.45, 2.75) is 45.4 Å². The highest BCUT2D eigenvalue weighted by molar-refractivity contribution is 6.42. The molecule has 6 nitrogen and oxygen atoms in total. The number of amides is 2. The fourth-order valence-corrected chi connectivity index (χ4v) is 3.94. The number of hydrogen-bond donors (Lipinski definition) is 1. The van der Waals surface area contributed by atoms with Gasteiger partial charge in [-0.3, -0.25) is 9.59 Å². The summed E-state index contributed by atoms with van der Waals surface area (Å²) in [5.41, 5.74) is 1.57. The van der Waals surface area contributed by atoms with E-state index in [0.717, 1.165) is 5.56 Å². The zero-order valence-electron chi connectivity index (χ0n) is 18.3. The predicted molar refractivity (Wildman–Crippen MR) is 125 cm³/mol. The minimum atomic E-state index is -0.0674. The van der Waals surface area contributed by atoms with Crippen molar-refractivity contribution in [3.8, 4) is 5.75 Å². The van der Waals surface area contributed by atoms with E-state index >= 15 is 0 Å². The van der Waals surface area contributed by atoms with E-state index < -0.39 is 0 Å². The average Bonchev–Trinajstić information content (AvgIpc) is 2.77. The molecular formula is C24H28Cl2N2O4. The van der Waals surface area contributed by atoms with Crippen molar-refractivity contribution < 1.29 is 19.1 Å². The third kappa shape index (κ3) is 6.86. The lowest BCUT2D eigenvalue weighted by Gasteiger charge is -2.35. The largest absolute Gasteiger partial charge is 0.492 e. The van der Waals surface area contributed by atoms with Crippen LogP contribution in [0.3, 0.4) is 0 Å². The van der Waals surface area contributed by atoms with Gasteiger partial charge in [0.25, 0.3) is 5.91 Å². The van der Waals surface area contributed by atoms with E-state index in [1.54, 1.807) is 30.3 Å². The van der Waals surface area contributed by atoms with Crippen LogP contribution < -0.4 is 10.1 Å². The van der Waals surface area contributed by atoms with E-state index in [0.29, 0.717) is 60.4 Å². The molecule has 32 heavy (non-hydrogen) atoms. The fourth-order valence-electron chi connectivity index (χ4n) is 3.59. The first-order valence-corrected chi connectivity index (χ1v) is 11.5. The van der Waals surface area contributed by atoms with Gasteiger partial charge in [0.15, 0.2) is 0 Å². The number of halogens is 2. The van der Waals surface area contributed by atoms with Crippen LogP contribution in [0.1, 0.15) is 42.6 Å². The highest BCUT2D eigenvalue weighted by Crippen LogP contribution is 2.31. The highest BCUT2D eigenvalue weighted by Gasteiger charge is 2.26. The molecule has 0 bridgehead atoms. The Balaban J connectivity index is 1.39. The predicted octanol–water partition coefficient (Wildman–Crippen LogP) is 4.72. The smallest absolute Gasteiger partial charge is 0.254 e. The van der Waals surface area contributed by atoms with Gasteiger partial charge in [-0.25, -0.2) is 0 Å². The van der Waals surface area contributed by atoms with Gasteiger partial charge in [-0.1, -0.05) is 41.4 Å². The molecule has 1 aliphatic rings. The van der Waals surface area contributed by atoms with Gasteiger partial charge in [0, 0.05) is 31.6 Å². The molecular weight excluding hydrogens is 451 g/mol. The van der Waals surface area contributed by atoms with Crippen LogP contribution in [-0.4, -0.2) is 48.6 Å². The SMILES string of the molecule is CC1CN(C(=O)c2ccc(CNC(=O)CCCOc3cccc(Cl)c3Cl)cc2)CC(C)O1. The van der Waals surface area contributed by atoms with Gasteiger partial charge in [-0.15, -0.1) is 0 Å². The third-order valence-electron chi connectivity index (χ3n) is 5.12. The first kappa shape index (κ1) is 24.4. The maximum Gasteiger partial charge on any atom is 0.254 e. The monoisotopic (exact) mass is 478 g/mol. The minimum Gasteiger partial charge on any atom is -0.492 e. The van der Waals surface area contributed by atoms with Gasteiger partial charge in [0.05, 0.1) is 23.8 Å². The number of morpholine rings is 1. The highest BCUT2D eigenvalue weighted by atomic mass is 35.5. The van der Waals surface area contributed by atoms with Crippen molar-refractivity contribution in [1.29, 1.82) is 0 Å². The summed E-state index contributed by atoms with van der Waals surface area (Å²) >= 11 is 12.0. The fraction of sp³-hybridized carbons (Fsp3) is 0.417. The van der Waals surface area contributed by atoms with Crippen LogP contribution in [0.5, 0.6) is 5.75 Å². The normalized spacial score (nSPS) is 18.3. The van der Waals surface area contributed by atoms with Crippen molar-refractivity contribution in [3.05, 3.63) is 63.6 Å². The summed E-state index contributed by atoms with van der Waals surface area (Å²) in [5.74, 6) is 0.444. The molecule has 2 unspecified atom stereocenters. The van der Waals surface area contributed by atoms with Crippen LogP contribution in [0.25, 0.3) is 0 Å². The first-order valence-electron chi connectivity index (χ1n) is 10.7. The van der Waals surface area contributed by atoms with E-state index in [-0.39, 0.29) is 24.0 Å². The maximum absolute atomic E-state index is 12.7. The Labute approximate surface area is 198 Å². The molecule has 0 spiro atoms. The zero-order chi connectivity index (χ0) is 23.1. The molecule has 0 saturated carbocycles. The molecule has 2 aromatic rings. The van der Waals surface area contributed by atoms with Crippen LogP contribution in [0.15, 0.2) is 42.5 Å². The van der Waals surface area contributed by atoms with E-state index in [1.165, 1.54) is 0 Å². The van der Waals surface area contributed by atoms with Crippen molar-refractivity contribution in [3.63, 3.8) is 0 Å². The molecule has 0 aromatic heterocycles. The quantitative estimate of drug-likeness (QED) is 0.557. The molecule has 1 heterocycles. The molecule has 1 aliphatic heterocycles. The third-order valence-corrected chi connectivity index (χ3v) is 5.92. The lowest BCUT2D eigenvalue weighted by Crippen LogP contribution is -2.48. The maximum atomic E-state index is 12.7. The van der Waals surface area contributed by atoms with Crippen LogP contribution in [-0.2, 0) is 16.1 Å². The summed E-state index contributed by atoms with van der Waals surface area (Å²) in [5, 5.41) is 3.70. The number of carbonyl (C=O) groups is 2. The number of rotatable bonds is 8. The summed E-state index contributed by atoms with van der Waals surface area (Å²) in [6.07, 6.45) is 0.954. The van der Waals surface area contributed by atoms with Gasteiger partial charge < -0.3 is 19.7 Å². The number of nitrogens with zero attached hydrogens (tertiary/aromatic N) is 1. The standard InChI is InChI=1S/C24H28Cl2N2O4/c1-16-14-28(15-17(2)32-16)24(30)19-10-8-18(9-11-19)13-27-22(29)7-4-12-31-21-6-3-5-20(25)23(21)26/h3,5-6,8-11,16-17H,4,7,12-15H2,1-2H3,(H,27,29). The van der Waals surface area contributed by atoms with E-state index in [2.05, 4.69) is 5.32 Å². The van der Waals surface area contributed by atoms with Crippen molar-refractivity contribution in [2.75, 3.05) is 19.7 Å². The molecule has 172 valence electrons. The van der Waals surface area contributed by atoms with Crippen LogP contribution >= 0.6 is 23.2 Å². The summed E-state index contributed by atoms with van der Waals surface area (Å²) in [6, 6.07) is 12.5. The second kappa shape index (κ2) is 11.5. The summed E-state index contributed by atoms with van der Waals surface area (Å²) in [6.45, 7) is 5.89. The van der Waals surface area contributed by atoms with Gasteiger partial charge >= 0.3 is 0 Å². The second-order valence-electron chi connectivity index (χ2n) is 7.95. The number of carbonyl (C=O) groups excluding carboxylic acids is 2. The molecule has 8 heteroatoms. The lowest BCUT2D eigenvalue weighted by molar-refractivity contribution is -0.121. The lowest BCUT2D eigenvalue weighted by atomic mass is 10.1. The van der Waals surface area contributed by atoms with Crippen LogP contribution in [0.4, 0.5) is 0 Å². The molecule has 0 aliphatic carbocycles. The average molecular weight is 479 g/mol. The van der Waals surface area contributed by atoms with Gasteiger partial charge in [0.2, 0.25) is 5.91 Å². The Hall–Kier alpha value is -2.28. The van der Waals surface area contributed by atoms with Gasteiger partial charge in [-0.05, 0) is 50.1 Å². The van der Waals surface area contributed by atoms with E-state index in [4.69, 9.17) is 32.7 Å². The van der Waals surface area contributed by atoms with Crippen LogP contribution in [0.2, 0.25) is 10.0 Å². The topological polar surface area (TPSA) is 67.9 Å². The molecule has 1 saturated heterocycles. The number of ether oxygens (including phenoxy) is 2. The minimum absolute atomic E-state index is 0.00222. The molecule has 1 fully saturated rings. The van der Waals surface area contributed by atoms with Crippen molar-refractivity contribution in [1.82, 2.24) is 10.2 Å². The van der Waals surface area contributed by atoms with Crippen LogP contribution in [0, 0.1) is 0 Å². The van der Waals surface area contributed by atoms with E-state index in [9.17, 15) is 9.59 Å². The molecule has 1 N–H and O–H groups in total. The summed E-state index contributed by atoms with van der Waals surface area (Å²) in [7, 11) is 0. The second-order valence-corrected chi connectivity index (χ2v) is 8.73. The molecule has 2 atom stereocenters. The van der Waals surface area contributed by atoms with Gasteiger partial charge in [-0.2, -0.15) is 0 Å². The zero-order valence-corrected chi connectivity index (χ0v) is 19.8. The Morgan fingerprint density at radius 3 is 2.47 bits per heavy atom. The first-order chi connectivity index (χ1) is 15.3. The Bertz CT molecular complexity index is 926. The van der Waals surface area contributed by atoms with Crippen molar-refractivity contribution >= 4 is 35.0 Å². The Morgan fingerprint density at radius 2 is 1.78 bits per heavy atom. The molecule has 0 radical (unpaired) electrons. The van der Waals surface area contributed by atoms with Crippen molar-refractivity contribution in [2.24, 2.45) is 0 Å². The Kier molecular flexibility index (Phi) is 8.79. The number of nitrogens with one attached hydrogen (secondary N) is 1. The number of hydrogen-bond acceptors (Lipinski definition) is 4. The Morgan fingerprint density at radius 1 is 1.09 bits per heavy atom. The van der Waals surface area contributed by atoms with E-state index in [1.807, 2.05) is 30.9 Å². The molecule has 2 aromatic carbocycles. The summed E-state index contributed by atoms with van der Waals surface area (Å²) in [4.78, 5) is 26.7. The summed E-state index contributed by atoms with van der Waals surface area (Å²) < 4.78 is 11.3.